The quantitative estimate of drug-likeness (QED) is 0.0140. The Morgan fingerprint density at radius 2 is 0.968 bits per heavy atom. The van der Waals surface area contributed by atoms with Crippen LogP contribution in [0.2, 0.25) is 0 Å². The van der Waals surface area contributed by atoms with Gasteiger partial charge in [0.25, 0.3) is 0 Å². The Kier molecular flexibility index (Phi) is 20.1. The zero-order chi connectivity index (χ0) is 45.5. The predicted octanol–water partition coefficient (Wildman–Crippen LogP) is 8.26. The zero-order valence-electron chi connectivity index (χ0n) is 36.5. The van der Waals surface area contributed by atoms with Crippen molar-refractivity contribution in [2.75, 3.05) is 37.9 Å². The van der Waals surface area contributed by atoms with Crippen LogP contribution in [0.3, 0.4) is 0 Å². The van der Waals surface area contributed by atoms with Crippen molar-refractivity contribution in [3.05, 3.63) is 131 Å². The maximum Gasteiger partial charge on any atom is 0.330 e. The monoisotopic (exact) mass is 862 g/mol. The molecule has 4 aromatic rings. The lowest BCUT2D eigenvalue weighted by Gasteiger charge is -2.43. The molecule has 0 fully saturated rings. The molecular formula is C51H62N2O10. The van der Waals surface area contributed by atoms with Crippen molar-refractivity contribution in [3.8, 4) is 11.5 Å². The molecule has 0 spiro atoms. The van der Waals surface area contributed by atoms with Gasteiger partial charge in [0.1, 0.15) is 17.3 Å². The molecule has 0 atom stereocenters. The summed E-state index contributed by atoms with van der Waals surface area (Å²) in [5.74, 6) is -3.28. The third-order valence-electron chi connectivity index (χ3n) is 10.6. The molecule has 0 aliphatic heterocycles. The second kappa shape index (κ2) is 25.6. The number of hydrogen-bond donors (Lipinski definition) is 4. The first-order chi connectivity index (χ1) is 30.3. The van der Waals surface area contributed by atoms with Crippen LogP contribution in [0.5, 0.6) is 11.5 Å². The van der Waals surface area contributed by atoms with Crippen LogP contribution in [-0.4, -0.2) is 65.9 Å². The molecule has 0 heterocycles. The molecule has 6 N–H and O–H groups in total. The Bertz CT molecular complexity index is 2040. The van der Waals surface area contributed by atoms with E-state index in [1.165, 1.54) is 12.2 Å². The van der Waals surface area contributed by atoms with Gasteiger partial charge >= 0.3 is 11.9 Å². The molecular weight excluding hydrogens is 801 g/mol. The summed E-state index contributed by atoms with van der Waals surface area (Å²) in [7, 11) is 0. The lowest BCUT2D eigenvalue weighted by Crippen LogP contribution is -2.57. The summed E-state index contributed by atoms with van der Waals surface area (Å²) in [5, 5.41) is 24.2. The van der Waals surface area contributed by atoms with E-state index in [0.717, 1.165) is 11.1 Å². The number of unbranched alkanes of at least 4 members (excludes halogenated alkanes) is 4. The Morgan fingerprint density at radius 1 is 0.556 bits per heavy atom. The Hall–Kier alpha value is -6.24. The van der Waals surface area contributed by atoms with Gasteiger partial charge in [0, 0.05) is 48.2 Å². The maximum atomic E-state index is 14.0. The number of ether oxygens (including phenoxy) is 4. The summed E-state index contributed by atoms with van der Waals surface area (Å²) in [6.45, 7) is 4.94. The minimum Gasteiger partial charge on any atom is -0.494 e. The molecule has 336 valence electrons. The first-order valence-corrected chi connectivity index (χ1v) is 21.7. The highest BCUT2D eigenvalue weighted by Crippen LogP contribution is 2.43. The Labute approximate surface area is 370 Å². The van der Waals surface area contributed by atoms with Crippen LogP contribution < -0.4 is 20.9 Å². The molecule has 4 rings (SSSR count). The molecule has 12 nitrogen and oxygen atoms in total. The second-order valence-corrected chi connectivity index (χ2v) is 15.6. The fourth-order valence-electron chi connectivity index (χ4n) is 7.15. The Balaban J connectivity index is 1.37. The minimum atomic E-state index is -2.86. The molecule has 0 saturated heterocycles. The molecule has 0 bridgehead atoms. The van der Waals surface area contributed by atoms with Crippen molar-refractivity contribution in [1.82, 2.24) is 0 Å². The number of carbonyl (C=O) groups excluding carboxylic acids is 4. The average molecular weight is 863 g/mol. The van der Waals surface area contributed by atoms with Crippen LogP contribution in [0.25, 0.3) is 12.2 Å². The number of ketones is 2. The van der Waals surface area contributed by atoms with Gasteiger partial charge in [0.15, 0.2) is 5.78 Å². The van der Waals surface area contributed by atoms with Gasteiger partial charge < -0.3 is 40.6 Å². The van der Waals surface area contributed by atoms with Gasteiger partial charge in [-0.15, -0.1) is 0 Å². The molecule has 12 heteroatoms. The molecule has 0 saturated carbocycles. The van der Waals surface area contributed by atoms with Crippen LogP contribution >= 0.6 is 0 Å². The normalized spacial score (nSPS) is 11.7. The number of aliphatic hydroxyl groups is 2. The van der Waals surface area contributed by atoms with Crippen LogP contribution in [0.15, 0.2) is 109 Å². The molecule has 0 aliphatic carbocycles. The largest absolute Gasteiger partial charge is 0.494 e. The van der Waals surface area contributed by atoms with E-state index in [2.05, 4.69) is 0 Å². The van der Waals surface area contributed by atoms with Crippen LogP contribution in [0.1, 0.15) is 93.9 Å². The van der Waals surface area contributed by atoms with Gasteiger partial charge in [-0.2, -0.15) is 0 Å². The lowest BCUT2D eigenvalue weighted by atomic mass is 9.65. The van der Waals surface area contributed by atoms with Crippen LogP contribution in [0, 0.1) is 5.41 Å². The molecule has 0 unspecified atom stereocenters. The first-order valence-electron chi connectivity index (χ1n) is 21.7. The van der Waals surface area contributed by atoms with Crippen molar-refractivity contribution in [1.29, 1.82) is 0 Å². The number of hydrogen-bond acceptors (Lipinski definition) is 12. The molecule has 63 heavy (non-hydrogen) atoms. The number of esters is 2. The fraction of sp³-hybridized carbons (Fsp3) is 0.373. The van der Waals surface area contributed by atoms with Crippen molar-refractivity contribution >= 4 is 47.0 Å². The summed E-state index contributed by atoms with van der Waals surface area (Å²) in [6, 6.07) is 28.5. The predicted molar refractivity (Wildman–Crippen MR) is 245 cm³/mol. The lowest BCUT2D eigenvalue weighted by molar-refractivity contribution is -0.234. The van der Waals surface area contributed by atoms with Crippen molar-refractivity contribution < 1.29 is 48.3 Å². The van der Waals surface area contributed by atoms with E-state index in [9.17, 15) is 29.4 Å². The fourth-order valence-corrected chi connectivity index (χ4v) is 7.15. The van der Waals surface area contributed by atoms with Gasteiger partial charge in [-0.25, -0.2) is 9.59 Å². The van der Waals surface area contributed by atoms with Crippen molar-refractivity contribution in [3.63, 3.8) is 0 Å². The second-order valence-electron chi connectivity index (χ2n) is 15.6. The van der Waals surface area contributed by atoms with Crippen molar-refractivity contribution in [2.45, 2.75) is 90.3 Å². The summed E-state index contributed by atoms with van der Waals surface area (Å²) in [5.41, 5.74) is 14.5. The minimum absolute atomic E-state index is 0.0264. The van der Waals surface area contributed by atoms with E-state index in [1.807, 2.05) is 36.4 Å². The van der Waals surface area contributed by atoms with E-state index in [1.54, 1.807) is 86.7 Å². The third kappa shape index (κ3) is 16.9. The van der Waals surface area contributed by atoms with Crippen molar-refractivity contribution in [2.24, 2.45) is 5.41 Å². The van der Waals surface area contributed by atoms with E-state index in [-0.39, 0.29) is 37.9 Å². The number of rotatable bonds is 28. The number of nitrogens with two attached hydrogens (primary N) is 2. The van der Waals surface area contributed by atoms with Gasteiger partial charge in [-0.1, -0.05) is 48.5 Å². The van der Waals surface area contributed by atoms with Gasteiger partial charge in [0.05, 0.1) is 26.4 Å². The summed E-state index contributed by atoms with van der Waals surface area (Å²) in [4.78, 5) is 51.1. The average Bonchev–Trinajstić information content (AvgIpc) is 3.27. The Morgan fingerprint density at radius 3 is 1.38 bits per heavy atom. The summed E-state index contributed by atoms with van der Waals surface area (Å²) < 4.78 is 21.6. The highest BCUT2D eigenvalue weighted by Gasteiger charge is 2.54. The molecule has 0 aliphatic rings. The number of benzene rings is 4. The standard InChI is InChI=1S/C51H62N2O10/c1-3-60-48(56)31-21-38-17-27-45(28-18-38)62-33-9-5-7-11-44(54)37-50(35-40-13-23-42(52)24-14-40,36-41-15-25-43(53)26-16-41)51(58,59)47(55)12-8-6-10-34-63-46-29-19-39(20-30-46)22-32-49(57)61-4-2/h13-32,58-59H,3-12,33-37,52-53H2,1-2H3. The maximum absolute atomic E-state index is 14.0. The first kappa shape index (κ1) is 49.4. The SMILES string of the molecule is CCOC(=O)C=Cc1ccc(OCCCCCC(=O)CC(Cc2ccc(N)cc2)(Cc2ccc(N)cc2)C(O)(O)C(=O)CCCCCOc2ccc(C=CC(=O)OCC)cc2)cc1. The molecule has 0 amide bonds. The van der Waals surface area contributed by atoms with E-state index in [0.29, 0.717) is 99.0 Å². The highest BCUT2D eigenvalue weighted by atomic mass is 16.5. The van der Waals surface area contributed by atoms with Gasteiger partial charge in [-0.05, 0) is 148 Å². The smallest absolute Gasteiger partial charge is 0.330 e. The third-order valence-corrected chi connectivity index (χ3v) is 10.6. The van der Waals surface area contributed by atoms with E-state index in [4.69, 9.17) is 30.4 Å². The summed E-state index contributed by atoms with van der Waals surface area (Å²) in [6.07, 6.45) is 9.49. The molecule has 0 radical (unpaired) electrons. The van der Waals surface area contributed by atoms with Crippen LogP contribution in [0.4, 0.5) is 11.4 Å². The molecule has 4 aromatic carbocycles. The van der Waals surface area contributed by atoms with E-state index < -0.39 is 28.9 Å². The molecule has 0 aromatic heterocycles. The zero-order valence-corrected chi connectivity index (χ0v) is 36.5. The number of Topliss-reactive ketones (excluding diaryl/α,β-unsaturated/α-hetero) is 2. The highest BCUT2D eigenvalue weighted by molar-refractivity contribution is 5.89. The van der Waals surface area contributed by atoms with E-state index >= 15 is 0 Å². The number of anilines is 2. The van der Waals surface area contributed by atoms with Gasteiger partial charge in [-0.3, -0.25) is 9.59 Å². The van der Waals surface area contributed by atoms with Crippen LogP contribution in [-0.2, 0) is 41.5 Å². The van der Waals surface area contributed by atoms with Gasteiger partial charge in [0.2, 0.25) is 5.79 Å². The number of carbonyl (C=O) groups is 4. The number of nitrogen functional groups attached to an aromatic ring is 2. The topological polar surface area (TPSA) is 198 Å². The summed E-state index contributed by atoms with van der Waals surface area (Å²) >= 11 is 0.